The zero-order valence-electron chi connectivity index (χ0n) is 10.5. The van der Waals surface area contributed by atoms with Crippen molar-refractivity contribution in [2.75, 3.05) is 25.6 Å². The van der Waals surface area contributed by atoms with Crippen molar-refractivity contribution < 1.29 is 14.2 Å². The minimum absolute atomic E-state index is 0.0199. The highest BCUT2D eigenvalue weighted by molar-refractivity contribution is 9.10. The number of rotatable bonds is 1. The molecule has 2 aliphatic heterocycles. The number of nitrogens with zero attached hydrogens (tertiary/aromatic N) is 2. The van der Waals surface area contributed by atoms with Crippen molar-refractivity contribution in [2.24, 2.45) is 5.92 Å². The lowest BCUT2D eigenvalue weighted by Crippen LogP contribution is -2.45. The third-order valence-corrected chi connectivity index (χ3v) is 4.28. The van der Waals surface area contributed by atoms with Crippen LogP contribution in [0.15, 0.2) is 16.9 Å². The Balaban J connectivity index is 1.83. The fourth-order valence-corrected chi connectivity index (χ4v) is 2.98. The highest BCUT2D eigenvalue weighted by atomic mass is 79.9. The van der Waals surface area contributed by atoms with Crippen LogP contribution in [0, 0.1) is 5.92 Å². The van der Waals surface area contributed by atoms with E-state index in [1.54, 1.807) is 0 Å². The van der Waals surface area contributed by atoms with Crippen LogP contribution in [-0.4, -0.2) is 35.9 Å². The van der Waals surface area contributed by atoms with Crippen molar-refractivity contribution in [2.45, 2.75) is 6.10 Å². The highest BCUT2D eigenvalue weighted by Gasteiger charge is 2.35. The molecule has 2 N–H and O–H groups in total. The average Bonchev–Trinajstić information content (AvgIpc) is 2.37. The van der Waals surface area contributed by atoms with Gasteiger partial charge in [-0.15, -0.1) is 0 Å². The summed E-state index contributed by atoms with van der Waals surface area (Å²) in [5.41, 5.74) is 6.68. The lowest BCUT2D eigenvalue weighted by molar-refractivity contribution is -0.0990. The van der Waals surface area contributed by atoms with Crippen LogP contribution in [0.4, 0.5) is 5.82 Å². The molecule has 1 aromatic heterocycles. The smallest absolute Gasteiger partial charge is 0.174 e. The molecule has 0 bridgehead atoms. The van der Waals surface area contributed by atoms with Crippen LogP contribution >= 0.6 is 15.9 Å². The molecule has 1 aromatic carbocycles. The van der Waals surface area contributed by atoms with Crippen molar-refractivity contribution in [3.05, 3.63) is 16.9 Å². The first-order valence-electron chi connectivity index (χ1n) is 6.34. The maximum atomic E-state index is 6.03. The third-order valence-electron chi connectivity index (χ3n) is 3.67. The maximum absolute atomic E-state index is 6.03. The number of aromatic nitrogens is 2. The van der Waals surface area contributed by atoms with Gasteiger partial charge in [-0.3, -0.25) is 0 Å². The summed E-state index contributed by atoms with van der Waals surface area (Å²) in [5.74, 6) is 2.08. The SMILES string of the molecule is Nc1ncnc2c(Br)cc3c(c12)OCC(C1COC1)O3. The van der Waals surface area contributed by atoms with Crippen LogP contribution in [-0.2, 0) is 4.74 Å². The van der Waals surface area contributed by atoms with E-state index in [0.717, 1.165) is 23.2 Å². The van der Waals surface area contributed by atoms with Gasteiger partial charge in [0.05, 0.1) is 24.1 Å². The van der Waals surface area contributed by atoms with E-state index < -0.39 is 0 Å². The Morgan fingerprint density at radius 1 is 1.25 bits per heavy atom. The summed E-state index contributed by atoms with van der Waals surface area (Å²) >= 11 is 3.49. The van der Waals surface area contributed by atoms with E-state index >= 15 is 0 Å². The number of nitrogen functional groups attached to an aromatic ring is 1. The second-order valence-corrected chi connectivity index (χ2v) is 5.79. The van der Waals surface area contributed by atoms with Crippen molar-refractivity contribution in [1.82, 2.24) is 9.97 Å². The summed E-state index contributed by atoms with van der Waals surface area (Å²) in [5, 5.41) is 0.695. The number of nitrogens with two attached hydrogens (primary N) is 1. The second kappa shape index (κ2) is 4.46. The van der Waals surface area contributed by atoms with Gasteiger partial charge in [0.25, 0.3) is 0 Å². The Morgan fingerprint density at radius 3 is 2.85 bits per heavy atom. The van der Waals surface area contributed by atoms with Gasteiger partial charge in [-0.2, -0.15) is 0 Å². The number of hydrogen-bond donors (Lipinski definition) is 1. The molecule has 0 amide bonds. The fourth-order valence-electron chi connectivity index (χ4n) is 2.47. The van der Waals surface area contributed by atoms with E-state index in [4.69, 9.17) is 19.9 Å². The normalized spacial score (nSPS) is 21.8. The molecular formula is C13H12BrN3O3. The van der Waals surface area contributed by atoms with Gasteiger partial charge in [-0.05, 0) is 15.9 Å². The van der Waals surface area contributed by atoms with E-state index in [1.165, 1.54) is 6.33 Å². The van der Waals surface area contributed by atoms with Crippen LogP contribution < -0.4 is 15.2 Å². The molecule has 0 spiro atoms. The molecule has 3 heterocycles. The first kappa shape index (κ1) is 12.2. The number of hydrogen-bond acceptors (Lipinski definition) is 6. The van der Waals surface area contributed by atoms with E-state index in [2.05, 4.69) is 25.9 Å². The minimum Gasteiger partial charge on any atom is -0.485 e. The Hall–Kier alpha value is -1.60. The van der Waals surface area contributed by atoms with Gasteiger partial charge in [0.15, 0.2) is 11.5 Å². The lowest BCUT2D eigenvalue weighted by Gasteiger charge is -2.36. The van der Waals surface area contributed by atoms with E-state index in [9.17, 15) is 0 Å². The van der Waals surface area contributed by atoms with Crippen molar-refractivity contribution in [3.63, 3.8) is 0 Å². The van der Waals surface area contributed by atoms with Gasteiger partial charge >= 0.3 is 0 Å². The predicted octanol–water partition coefficient (Wildman–Crippen LogP) is 1.76. The molecule has 0 radical (unpaired) electrons. The van der Waals surface area contributed by atoms with E-state index in [1.807, 2.05) is 6.07 Å². The van der Waals surface area contributed by atoms with Gasteiger partial charge in [-0.1, -0.05) is 0 Å². The number of fused-ring (bicyclic) bond motifs is 3. The number of benzene rings is 1. The molecule has 0 saturated carbocycles. The summed E-state index contributed by atoms with van der Waals surface area (Å²) < 4.78 is 17.9. The van der Waals surface area contributed by atoms with Crippen LogP contribution in [0.1, 0.15) is 0 Å². The van der Waals surface area contributed by atoms with Gasteiger partial charge in [-0.25, -0.2) is 9.97 Å². The van der Waals surface area contributed by atoms with Gasteiger partial charge < -0.3 is 19.9 Å². The molecule has 1 unspecified atom stereocenters. The molecule has 2 aliphatic rings. The van der Waals surface area contributed by atoms with Gasteiger partial charge in [0.2, 0.25) is 0 Å². The first-order chi connectivity index (χ1) is 9.74. The molecular weight excluding hydrogens is 326 g/mol. The first-order valence-corrected chi connectivity index (χ1v) is 7.13. The largest absolute Gasteiger partial charge is 0.485 e. The number of ether oxygens (including phenoxy) is 3. The molecule has 6 nitrogen and oxygen atoms in total. The number of halogens is 1. The van der Waals surface area contributed by atoms with Gasteiger partial charge in [0.1, 0.15) is 24.9 Å². The van der Waals surface area contributed by atoms with Crippen LogP contribution in [0.5, 0.6) is 11.5 Å². The maximum Gasteiger partial charge on any atom is 0.174 e. The summed E-state index contributed by atoms with van der Waals surface area (Å²) in [6.45, 7) is 1.94. The zero-order chi connectivity index (χ0) is 13.7. The summed E-state index contributed by atoms with van der Waals surface area (Å²) in [6, 6.07) is 1.87. The molecule has 1 saturated heterocycles. The van der Waals surface area contributed by atoms with Crippen molar-refractivity contribution in [3.8, 4) is 11.5 Å². The molecule has 20 heavy (non-hydrogen) atoms. The quantitative estimate of drug-likeness (QED) is 0.854. The molecule has 7 heteroatoms. The third kappa shape index (κ3) is 1.73. The molecule has 0 aliphatic carbocycles. The average molecular weight is 338 g/mol. The monoisotopic (exact) mass is 337 g/mol. The fraction of sp³-hybridized carbons (Fsp3) is 0.385. The Kier molecular flexibility index (Phi) is 2.71. The lowest BCUT2D eigenvalue weighted by atomic mass is 10.0. The van der Waals surface area contributed by atoms with Crippen LogP contribution in [0.3, 0.4) is 0 Å². The molecule has 104 valence electrons. The van der Waals surface area contributed by atoms with Gasteiger partial charge in [0, 0.05) is 16.5 Å². The summed E-state index contributed by atoms with van der Waals surface area (Å²) in [4.78, 5) is 8.27. The van der Waals surface area contributed by atoms with Crippen molar-refractivity contribution in [1.29, 1.82) is 0 Å². The molecule has 1 atom stereocenters. The second-order valence-electron chi connectivity index (χ2n) is 4.93. The Labute approximate surface area is 123 Å². The summed E-state index contributed by atoms with van der Waals surface area (Å²) in [7, 11) is 0. The minimum atomic E-state index is 0.0199. The summed E-state index contributed by atoms with van der Waals surface area (Å²) in [6.07, 6.45) is 1.46. The predicted molar refractivity (Wildman–Crippen MR) is 75.9 cm³/mol. The topological polar surface area (TPSA) is 79.5 Å². The molecule has 2 aromatic rings. The van der Waals surface area contributed by atoms with Crippen LogP contribution in [0.25, 0.3) is 10.9 Å². The highest BCUT2D eigenvalue weighted by Crippen LogP contribution is 2.44. The standard InChI is InChI=1S/C13H12BrN3O3/c14-7-1-8-12(10-11(7)16-5-17-13(10)15)19-4-9(20-8)6-2-18-3-6/h1,5-6,9H,2-4H2,(H2,15,16,17). The van der Waals surface area contributed by atoms with Crippen LogP contribution in [0.2, 0.25) is 0 Å². The van der Waals surface area contributed by atoms with E-state index in [0.29, 0.717) is 35.2 Å². The Morgan fingerprint density at radius 2 is 2.10 bits per heavy atom. The van der Waals surface area contributed by atoms with Crippen molar-refractivity contribution >= 4 is 32.7 Å². The van der Waals surface area contributed by atoms with E-state index in [-0.39, 0.29) is 6.10 Å². The number of anilines is 1. The molecule has 1 fully saturated rings. The zero-order valence-corrected chi connectivity index (χ0v) is 12.1. The molecule has 4 rings (SSSR count). The Bertz CT molecular complexity index is 690.